The summed E-state index contributed by atoms with van der Waals surface area (Å²) < 4.78 is 5.45. The monoisotopic (exact) mass is 678 g/mol. The molecule has 0 saturated heterocycles. The van der Waals surface area contributed by atoms with Gasteiger partial charge in [-0.3, -0.25) is 29.1 Å². The van der Waals surface area contributed by atoms with Crippen molar-refractivity contribution in [2.75, 3.05) is 0 Å². The Kier molecular flexibility index (Phi) is 13.6. The van der Waals surface area contributed by atoms with Crippen molar-refractivity contribution in [1.29, 1.82) is 0 Å². The maximum absolute atomic E-state index is 14.7. The highest BCUT2D eigenvalue weighted by Gasteiger charge is 2.46. The maximum atomic E-state index is 14.7. The molecule has 0 bridgehead atoms. The van der Waals surface area contributed by atoms with E-state index in [-0.39, 0.29) is 18.8 Å². The van der Waals surface area contributed by atoms with Gasteiger partial charge in [0.25, 0.3) is 5.91 Å². The molecule has 12 heteroatoms. The van der Waals surface area contributed by atoms with E-state index in [1.807, 2.05) is 6.92 Å². The number of benzene rings is 2. The second-order valence-corrected chi connectivity index (χ2v) is 13.8. The number of rotatable bonds is 16. The van der Waals surface area contributed by atoms with E-state index < -0.39 is 65.5 Å². The number of para-hydroxylation sites is 1. The van der Waals surface area contributed by atoms with Crippen LogP contribution in [0.4, 0.5) is 10.5 Å². The number of carboxylic acid groups (broad SMARTS) is 1. The Morgan fingerprint density at radius 2 is 1.61 bits per heavy atom. The van der Waals surface area contributed by atoms with Crippen LogP contribution in [0.2, 0.25) is 0 Å². The second-order valence-electron chi connectivity index (χ2n) is 13.8. The van der Waals surface area contributed by atoms with Gasteiger partial charge in [0.05, 0.1) is 5.69 Å². The molecule has 266 valence electrons. The summed E-state index contributed by atoms with van der Waals surface area (Å²) >= 11 is 0. The number of carbonyl (C=O) groups is 5. The number of amides is 4. The Bertz CT molecular complexity index is 1510. The van der Waals surface area contributed by atoms with Crippen molar-refractivity contribution < 1.29 is 38.9 Å². The van der Waals surface area contributed by atoms with Crippen LogP contribution in [0.3, 0.4) is 0 Å². The van der Waals surface area contributed by atoms with Crippen LogP contribution in [-0.4, -0.2) is 74.8 Å². The Morgan fingerprint density at radius 3 is 2.24 bits per heavy atom. The molecule has 0 aromatic heterocycles. The first-order valence-corrected chi connectivity index (χ1v) is 16.8. The van der Waals surface area contributed by atoms with Gasteiger partial charge >= 0.3 is 12.1 Å². The standard InChI is InChI=1S/C37H50N4O8/c1-7-8-14-24(2)19-20-31(42)41(33(44)29(21-26-15-10-9-11-16-26)40-35(47)49-36(4,5)6)30(32(43)39-25(3)34(45)46)22-37(48)23-38-28-18-13-12-17-27(28)37/h9-13,15-18,23-25,29-30,48H,7-8,14,19-22H2,1-6H3,(H,39,43)(H,40,47)(H,45,46)/t24-,25-,29+,30+,37+/m0/s1. The third kappa shape index (κ3) is 11.2. The highest BCUT2D eigenvalue weighted by molar-refractivity contribution is 6.04. The van der Waals surface area contributed by atoms with Gasteiger partial charge in [0, 0.05) is 31.0 Å². The minimum atomic E-state index is -1.88. The average Bonchev–Trinajstić information content (AvgIpc) is 3.37. The van der Waals surface area contributed by atoms with Crippen LogP contribution in [0.15, 0.2) is 59.6 Å². The second kappa shape index (κ2) is 17.2. The van der Waals surface area contributed by atoms with Gasteiger partial charge in [-0.2, -0.15) is 0 Å². The van der Waals surface area contributed by atoms with Gasteiger partial charge in [0.2, 0.25) is 11.8 Å². The van der Waals surface area contributed by atoms with Crippen LogP contribution in [0.5, 0.6) is 0 Å². The van der Waals surface area contributed by atoms with Crippen molar-refractivity contribution in [2.45, 2.75) is 116 Å². The molecule has 4 amide bonds. The Hall–Kier alpha value is -4.58. The molecule has 1 heterocycles. The number of aliphatic carboxylic acids is 1. The predicted octanol–water partition coefficient (Wildman–Crippen LogP) is 5.04. The fourth-order valence-corrected chi connectivity index (χ4v) is 5.63. The Balaban J connectivity index is 2.13. The summed E-state index contributed by atoms with van der Waals surface area (Å²) in [6.45, 7) is 10.3. The molecule has 3 rings (SSSR count). The molecule has 12 nitrogen and oxygen atoms in total. The number of carboxylic acids is 1. The van der Waals surface area contributed by atoms with Crippen LogP contribution < -0.4 is 10.6 Å². The molecule has 0 unspecified atom stereocenters. The summed E-state index contributed by atoms with van der Waals surface area (Å²) in [5.74, 6) is -3.76. The number of carbonyl (C=O) groups excluding carboxylic acids is 4. The molecule has 4 N–H and O–H groups in total. The number of fused-ring (bicyclic) bond motifs is 1. The van der Waals surface area contributed by atoms with Gasteiger partial charge in [-0.1, -0.05) is 81.6 Å². The zero-order valence-electron chi connectivity index (χ0n) is 29.3. The summed E-state index contributed by atoms with van der Waals surface area (Å²) in [4.78, 5) is 73.0. The normalized spacial score (nSPS) is 17.6. The number of hydrogen-bond acceptors (Lipinski definition) is 8. The van der Waals surface area contributed by atoms with Crippen molar-refractivity contribution in [3.8, 4) is 0 Å². The number of aliphatic hydroxyl groups is 1. The summed E-state index contributed by atoms with van der Waals surface area (Å²) in [7, 11) is 0. The van der Waals surface area contributed by atoms with Crippen molar-refractivity contribution in [1.82, 2.24) is 15.5 Å². The zero-order valence-corrected chi connectivity index (χ0v) is 29.3. The quantitative estimate of drug-likeness (QED) is 0.191. The van der Waals surface area contributed by atoms with Crippen LogP contribution in [0, 0.1) is 5.92 Å². The lowest BCUT2D eigenvalue weighted by atomic mass is 9.87. The van der Waals surface area contributed by atoms with Crippen molar-refractivity contribution in [3.05, 3.63) is 65.7 Å². The first-order chi connectivity index (χ1) is 23.0. The number of hydrogen-bond donors (Lipinski definition) is 4. The molecular formula is C37H50N4O8. The molecule has 0 radical (unpaired) electrons. The lowest BCUT2D eigenvalue weighted by Crippen LogP contribution is -2.61. The predicted molar refractivity (Wildman–Crippen MR) is 185 cm³/mol. The molecular weight excluding hydrogens is 628 g/mol. The largest absolute Gasteiger partial charge is 0.480 e. The highest BCUT2D eigenvalue weighted by Crippen LogP contribution is 2.39. The van der Waals surface area contributed by atoms with E-state index in [0.29, 0.717) is 23.2 Å². The SMILES string of the molecule is CCCC[C@H](C)CCC(=O)N(C(=O)[C@@H](Cc1ccccc1)NC(=O)OC(C)(C)C)[C@H](C[C@@]1(O)C=Nc2ccccc21)C(=O)N[C@@H](C)C(=O)O. The third-order valence-electron chi connectivity index (χ3n) is 8.32. The van der Waals surface area contributed by atoms with Crippen molar-refractivity contribution in [2.24, 2.45) is 10.9 Å². The molecule has 1 aliphatic rings. The smallest absolute Gasteiger partial charge is 0.408 e. The maximum Gasteiger partial charge on any atom is 0.408 e. The Labute approximate surface area is 288 Å². The summed E-state index contributed by atoms with van der Waals surface area (Å²) in [5, 5.41) is 26.5. The van der Waals surface area contributed by atoms with Gasteiger partial charge in [0.1, 0.15) is 29.3 Å². The highest BCUT2D eigenvalue weighted by atomic mass is 16.6. The number of unbranched alkanes of at least 4 members (excludes halogenated alkanes) is 1. The minimum absolute atomic E-state index is 0.0516. The molecule has 0 aliphatic carbocycles. The molecule has 2 aromatic rings. The number of imide groups is 1. The first kappa shape index (κ1) is 38.9. The fraction of sp³-hybridized carbons (Fsp3) is 0.514. The average molecular weight is 679 g/mol. The van der Waals surface area contributed by atoms with E-state index in [1.54, 1.807) is 75.4 Å². The van der Waals surface area contributed by atoms with Crippen LogP contribution in [0.1, 0.15) is 91.2 Å². The van der Waals surface area contributed by atoms with E-state index in [4.69, 9.17) is 4.74 Å². The van der Waals surface area contributed by atoms with Gasteiger partial charge in [-0.05, 0) is 51.7 Å². The lowest BCUT2D eigenvalue weighted by molar-refractivity contribution is -0.155. The Morgan fingerprint density at radius 1 is 0.959 bits per heavy atom. The van der Waals surface area contributed by atoms with E-state index in [2.05, 4.69) is 22.5 Å². The first-order valence-electron chi connectivity index (χ1n) is 16.8. The number of nitrogens with zero attached hydrogens (tertiary/aromatic N) is 2. The molecule has 0 saturated carbocycles. The van der Waals surface area contributed by atoms with Gasteiger partial charge in [-0.25, -0.2) is 4.79 Å². The molecule has 5 atom stereocenters. The topological polar surface area (TPSA) is 175 Å². The molecule has 0 fully saturated rings. The third-order valence-corrected chi connectivity index (χ3v) is 8.32. The van der Waals surface area contributed by atoms with Crippen LogP contribution >= 0.6 is 0 Å². The zero-order chi connectivity index (χ0) is 36.4. The van der Waals surface area contributed by atoms with Crippen molar-refractivity contribution >= 4 is 41.7 Å². The van der Waals surface area contributed by atoms with Gasteiger partial charge in [-0.15, -0.1) is 0 Å². The number of nitrogens with one attached hydrogen (secondary N) is 2. The van der Waals surface area contributed by atoms with E-state index in [0.717, 1.165) is 24.2 Å². The van der Waals surface area contributed by atoms with Crippen molar-refractivity contribution in [3.63, 3.8) is 0 Å². The summed E-state index contributed by atoms with van der Waals surface area (Å²) in [6.07, 6.45) is 2.89. The number of ether oxygens (including phenoxy) is 1. The number of alkyl carbamates (subject to hydrolysis) is 1. The van der Waals surface area contributed by atoms with E-state index >= 15 is 0 Å². The van der Waals surface area contributed by atoms with E-state index in [1.165, 1.54) is 13.1 Å². The minimum Gasteiger partial charge on any atom is -0.480 e. The number of aliphatic imine (C=N–C) groups is 1. The van der Waals surface area contributed by atoms with Crippen LogP contribution in [-0.2, 0) is 35.9 Å². The van der Waals surface area contributed by atoms with Gasteiger partial charge < -0.3 is 25.6 Å². The summed E-state index contributed by atoms with van der Waals surface area (Å²) in [6, 6.07) is 11.1. The molecule has 0 spiro atoms. The van der Waals surface area contributed by atoms with Crippen LogP contribution in [0.25, 0.3) is 0 Å². The molecule has 2 aromatic carbocycles. The molecule has 49 heavy (non-hydrogen) atoms. The van der Waals surface area contributed by atoms with E-state index in [9.17, 15) is 34.2 Å². The van der Waals surface area contributed by atoms with Gasteiger partial charge in [0.15, 0.2) is 0 Å². The molecule has 1 aliphatic heterocycles. The fourth-order valence-electron chi connectivity index (χ4n) is 5.63. The lowest BCUT2D eigenvalue weighted by Gasteiger charge is -2.36. The summed E-state index contributed by atoms with van der Waals surface area (Å²) in [5.41, 5.74) is -1.31.